The summed E-state index contributed by atoms with van der Waals surface area (Å²) in [5, 5.41) is 10.4. The number of nitrogens with two attached hydrogens (primary N) is 1. The molecule has 0 aliphatic heterocycles. The maximum atomic E-state index is 11.0. The molecule has 1 amide bonds. The van der Waals surface area contributed by atoms with Crippen molar-refractivity contribution >= 4 is 26.8 Å². The van der Waals surface area contributed by atoms with Crippen LogP contribution in [0.25, 0.3) is 10.8 Å². The lowest BCUT2D eigenvalue weighted by atomic mass is 10.1. The average Bonchev–Trinajstić information content (AvgIpc) is 2.25. The zero-order chi connectivity index (χ0) is 13.5. The fourth-order valence-corrected chi connectivity index (χ4v) is 2.14. The van der Waals surface area contributed by atoms with Crippen LogP contribution in [0.15, 0.2) is 35.2 Å². The van der Waals surface area contributed by atoms with Gasteiger partial charge in [-0.05, 0) is 35.0 Å². The number of rotatable bonds is 2. The summed E-state index contributed by atoms with van der Waals surface area (Å²) in [6.45, 7) is 0. The average molecular weight is 267 g/mol. The number of carbonyl (C=O) groups excluding carboxylic acids is 1. The molecule has 0 spiro atoms. The molecule has 6 nitrogen and oxygen atoms in total. The van der Waals surface area contributed by atoms with E-state index in [-0.39, 0.29) is 16.2 Å². The van der Waals surface area contributed by atoms with Gasteiger partial charge in [0.2, 0.25) is 0 Å². The Morgan fingerprint density at radius 3 is 2.33 bits per heavy atom. The fourth-order valence-electron chi connectivity index (χ4n) is 1.62. The molecule has 2 aromatic rings. The molecule has 2 aromatic carbocycles. The second-order valence-corrected chi connectivity index (χ2v) is 5.14. The van der Waals surface area contributed by atoms with Crippen LogP contribution < -0.4 is 5.73 Å². The molecule has 0 unspecified atom stereocenters. The Morgan fingerprint density at radius 2 is 1.78 bits per heavy atom. The summed E-state index contributed by atoms with van der Waals surface area (Å²) in [6, 6.07) is 6.35. The molecule has 18 heavy (non-hydrogen) atoms. The van der Waals surface area contributed by atoms with Crippen LogP contribution in [0, 0.1) is 0 Å². The summed E-state index contributed by atoms with van der Waals surface area (Å²) in [4.78, 5) is 10.7. The maximum absolute atomic E-state index is 11.0. The van der Waals surface area contributed by atoms with Gasteiger partial charge in [0.15, 0.2) is 0 Å². The summed E-state index contributed by atoms with van der Waals surface area (Å²) in [5.74, 6) is -1.11. The molecule has 0 radical (unpaired) electrons. The SMILES string of the molecule is NC(=O)c1cc2cc(S(=O)(=O)O)ccc2cc1O. The number of primary amides is 1. The van der Waals surface area contributed by atoms with Gasteiger partial charge in [0.1, 0.15) is 5.75 Å². The number of hydrogen-bond donors (Lipinski definition) is 3. The van der Waals surface area contributed by atoms with E-state index in [1.54, 1.807) is 0 Å². The second-order valence-electron chi connectivity index (χ2n) is 3.72. The van der Waals surface area contributed by atoms with Gasteiger partial charge < -0.3 is 10.8 Å². The molecule has 0 fully saturated rings. The van der Waals surface area contributed by atoms with Crippen molar-refractivity contribution < 1.29 is 22.9 Å². The normalized spacial score (nSPS) is 11.6. The minimum Gasteiger partial charge on any atom is -0.507 e. The zero-order valence-electron chi connectivity index (χ0n) is 8.99. The lowest BCUT2D eigenvalue weighted by Gasteiger charge is -2.05. The van der Waals surface area contributed by atoms with E-state index in [0.29, 0.717) is 10.8 Å². The van der Waals surface area contributed by atoms with E-state index >= 15 is 0 Å². The summed E-state index contributed by atoms with van der Waals surface area (Å²) in [7, 11) is -4.32. The van der Waals surface area contributed by atoms with Gasteiger partial charge in [-0.1, -0.05) is 6.07 Å². The van der Waals surface area contributed by atoms with E-state index in [0.717, 1.165) is 0 Å². The highest BCUT2D eigenvalue weighted by Crippen LogP contribution is 2.26. The van der Waals surface area contributed by atoms with Crippen LogP contribution in [0.3, 0.4) is 0 Å². The van der Waals surface area contributed by atoms with Crippen LogP contribution in [0.1, 0.15) is 10.4 Å². The molecule has 0 heterocycles. The Morgan fingerprint density at radius 1 is 1.11 bits per heavy atom. The van der Waals surface area contributed by atoms with Crippen LogP contribution >= 0.6 is 0 Å². The van der Waals surface area contributed by atoms with Crippen molar-refractivity contribution in [3.63, 3.8) is 0 Å². The third kappa shape index (κ3) is 2.13. The number of amides is 1. The van der Waals surface area contributed by atoms with Gasteiger partial charge in [-0.15, -0.1) is 0 Å². The molecule has 94 valence electrons. The van der Waals surface area contributed by atoms with Crippen LogP contribution in [0.5, 0.6) is 5.75 Å². The Bertz CT molecular complexity index is 751. The molecule has 0 aliphatic rings. The summed E-state index contributed by atoms with van der Waals surface area (Å²) in [6.07, 6.45) is 0. The first-order valence-corrected chi connectivity index (χ1v) is 6.27. The highest BCUT2D eigenvalue weighted by atomic mass is 32.2. The van der Waals surface area contributed by atoms with Gasteiger partial charge in [0, 0.05) is 0 Å². The summed E-state index contributed by atoms with van der Waals surface area (Å²) in [5.41, 5.74) is 4.95. The monoisotopic (exact) mass is 267 g/mol. The van der Waals surface area contributed by atoms with Crippen molar-refractivity contribution in [1.29, 1.82) is 0 Å². The van der Waals surface area contributed by atoms with Crippen molar-refractivity contribution in [2.75, 3.05) is 0 Å². The standard InChI is InChI=1S/C11H9NO5S/c12-11(14)9-4-7-3-8(18(15,16)17)2-1-6(7)5-10(9)13/h1-5,13H,(H2,12,14)(H,15,16,17). The molecule has 4 N–H and O–H groups in total. The lowest BCUT2D eigenvalue weighted by Crippen LogP contribution is -2.11. The Kier molecular flexibility index (Phi) is 2.72. The van der Waals surface area contributed by atoms with Gasteiger partial charge in [-0.2, -0.15) is 8.42 Å². The van der Waals surface area contributed by atoms with E-state index in [2.05, 4.69) is 0 Å². The number of fused-ring (bicyclic) bond motifs is 1. The van der Waals surface area contributed by atoms with Crippen molar-refractivity contribution in [3.8, 4) is 5.75 Å². The van der Waals surface area contributed by atoms with Crippen molar-refractivity contribution in [2.24, 2.45) is 5.73 Å². The first-order valence-electron chi connectivity index (χ1n) is 4.83. The quantitative estimate of drug-likeness (QED) is 0.698. The molecule has 0 aliphatic carbocycles. The largest absolute Gasteiger partial charge is 0.507 e. The van der Waals surface area contributed by atoms with E-state index < -0.39 is 16.0 Å². The van der Waals surface area contributed by atoms with Gasteiger partial charge >= 0.3 is 0 Å². The van der Waals surface area contributed by atoms with Crippen LogP contribution in [0.2, 0.25) is 0 Å². The van der Waals surface area contributed by atoms with Gasteiger partial charge in [-0.3, -0.25) is 9.35 Å². The minimum absolute atomic E-state index is 0.116. The third-order valence-electron chi connectivity index (χ3n) is 2.49. The molecule has 0 bridgehead atoms. The number of aromatic hydroxyl groups is 1. The van der Waals surface area contributed by atoms with Crippen molar-refractivity contribution in [2.45, 2.75) is 4.90 Å². The number of phenols is 1. The predicted octanol–water partition coefficient (Wildman–Crippen LogP) is 0.891. The second kappa shape index (κ2) is 3.97. The summed E-state index contributed by atoms with van der Waals surface area (Å²) >= 11 is 0. The molecule has 0 atom stereocenters. The van der Waals surface area contributed by atoms with E-state index in [4.69, 9.17) is 10.3 Å². The molecular formula is C11H9NO5S. The van der Waals surface area contributed by atoms with Crippen molar-refractivity contribution in [1.82, 2.24) is 0 Å². The lowest BCUT2D eigenvalue weighted by molar-refractivity contribution is 0.0998. The maximum Gasteiger partial charge on any atom is 0.294 e. The number of carbonyl (C=O) groups is 1. The first-order chi connectivity index (χ1) is 8.29. The highest BCUT2D eigenvalue weighted by Gasteiger charge is 2.13. The Hall–Kier alpha value is -2.12. The predicted molar refractivity (Wildman–Crippen MR) is 63.9 cm³/mol. The van der Waals surface area contributed by atoms with Crippen molar-refractivity contribution in [3.05, 3.63) is 35.9 Å². The number of benzene rings is 2. The van der Waals surface area contributed by atoms with Crippen LogP contribution in [-0.2, 0) is 10.1 Å². The van der Waals surface area contributed by atoms with Gasteiger partial charge in [0.25, 0.3) is 16.0 Å². The van der Waals surface area contributed by atoms with E-state index in [1.165, 1.54) is 30.3 Å². The van der Waals surface area contributed by atoms with E-state index in [1.807, 2.05) is 0 Å². The number of hydrogen-bond acceptors (Lipinski definition) is 4. The molecule has 2 rings (SSSR count). The molecule has 7 heteroatoms. The van der Waals surface area contributed by atoms with Gasteiger partial charge in [-0.25, -0.2) is 0 Å². The van der Waals surface area contributed by atoms with Crippen LogP contribution in [0.4, 0.5) is 0 Å². The van der Waals surface area contributed by atoms with E-state index in [9.17, 15) is 18.3 Å². The minimum atomic E-state index is -4.32. The smallest absolute Gasteiger partial charge is 0.294 e. The van der Waals surface area contributed by atoms with Crippen LogP contribution in [-0.4, -0.2) is 24.0 Å². The fraction of sp³-hybridized carbons (Fsp3) is 0. The zero-order valence-corrected chi connectivity index (χ0v) is 9.81. The molecule has 0 aromatic heterocycles. The topological polar surface area (TPSA) is 118 Å². The molecular weight excluding hydrogens is 258 g/mol. The highest BCUT2D eigenvalue weighted by molar-refractivity contribution is 7.85. The Balaban J connectivity index is 2.77. The first kappa shape index (κ1) is 12.3. The van der Waals surface area contributed by atoms with Gasteiger partial charge in [0.05, 0.1) is 10.5 Å². The molecule has 0 saturated heterocycles. The molecule has 0 saturated carbocycles. The third-order valence-corrected chi connectivity index (χ3v) is 3.34. The summed E-state index contributed by atoms with van der Waals surface area (Å²) < 4.78 is 30.9. The Labute approximate surface area is 102 Å².